The molecule has 0 aliphatic heterocycles. The number of nitriles is 1. The molecule has 5 nitrogen and oxygen atoms in total. The molecule has 0 heterocycles. The molecular weight excluding hydrogens is 321 g/mol. The molecule has 1 rings (SSSR count). The molecule has 1 aromatic carbocycles. The topological polar surface area (TPSA) is 98.0 Å². The number of halogens is 6. The maximum absolute atomic E-state index is 13.5. The molecule has 0 aromatic heterocycles. The highest BCUT2D eigenvalue weighted by Crippen LogP contribution is 2.38. The predicted molar refractivity (Wildman–Crippen MR) is 65.0 cm³/mol. The van der Waals surface area contributed by atoms with E-state index in [1.54, 1.807) is 5.43 Å². The van der Waals surface area contributed by atoms with E-state index >= 15 is 0 Å². The molecule has 0 saturated carbocycles. The van der Waals surface area contributed by atoms with Gasteiger partial charge in [0.05, 0.1) is 10.6 Å². The minimum Gasteiger partial charge on any atom is -0.382 e. The van der Waals surface area contributed by atoms with Gasteiger partial charge < -0.3 is 5.73 Å². The second-order valence-electron chi connectivity index (χ2n) is 3.50. The van der Waals surface area contributed by atoms with Crippen molar-refractivity contribution in [1.82, 2.24) is 0 Å². The maximum atomic E-state index is 13.5. The normalized spacial score (nSPS) is 12.0. The minimum absolute atomic E-state index is 0.164. The van der Waals surface area contributed by atoms with Crippen molar-refractivity contribution in [1.29, 1.82) is 10.7 Å². The molecule has 1 aromatic rings. The van der Waals surface area contributed by atoms with Crippen molar-refractivity contribution in [2.75, 3.05) is 5.43 Å². The number of hydrazone groups is 1. The number of benzene rings is 1. The number of hydrogen-bond acceptors (Lipinski definition) is 4. The van der Waals surface area contributed by atoms with Gasteiger partial charge in [0.15, 0.2) is 17.5 Å². The lowest BCUT2D eigenvalue weighted by atomic mass is 10.1. The van der Waals surface area contributed by atoms with Crippen LogP contribution in [0.4, 0.5) is 27.6 Å². The van der Waals surface area contributed by atoms with Gasteiger partial charge in [0, 0.05) is 0 Å². The Labute approximate surface area is 119 Å². The third-order valence-corrected chi connectivity index (χ3v) is 2.40. The molecule has 0 aliphatic rings. The molecule has 0 amide bonds. The number of nitrogens with zero attached hydrogens (tertiary/aromatic N) is 2. The molecule has 0 aliphatic carbocycles. The summed E-state index contributed by atoms with van der Waals surface area (Å²) in [6.07, 6.45) is -5.13. The first-order chi connectivity index (χ1) is 9.59. The van der Waals surface area contributed by atoms with Gasteiger partial charge in [-0.25, -0.2) is 8.78 Å². The van der Waals surface area contributed by atoms with Crippen molar-refractivity contribution in [2.45, 2.75) is 6.18 Å². The quantitative estimate of drug-likeness (QED) is 0.262. The summed E-state index contributed by atoms with van der Waals surface area (Å²) in [5.74, 6) is -4.89. The highest BCUT2D eigenvalue weighted by molar-refractivity contribution is 6.46. The minimum atomic E-state index is -5.13. The highest BCUT2D eigenvalue weighted by Gasteiger charge is 2.37. The summed E-state index contributed by atoms with van der Waals surface area (Å²) in [7, 11) is 0. The molecular formula is C10H5ClF5N5. The Bertz CT molecular complexity index is 661. The van der Waals surface area contributed by atoms with Gasteiger partial charge >= 0.3 is 6.18 Å². The first-order valence-corrected chi connectivity index (χ1v) is 5.30. The van der Waals surface area contributed by atoms with E-state index in [1.807, 2.05) is 0 Å². The van der Waals surface area contributed by atoms with E-state index in [9.17, 15) is 22.0 Å². The Balaban J connectivity index is 3.33. The third kappa shape index (κ3) is 3.57. The van der Waals surface area contributed by atoms with E-state index in [-0.39, 0.29) is 6.07 Å². The Morgan fingerprint density at radius 3 is 2.38 bits per heavy atom. The molecule has 21 heavy (non-hydrogen) atoms. The number of hydrogen-bond donors (Lipinski definition) is 3. The van der Waals surface area contributed by atoms with Gasteiger partial charge in [0.1, 0.15) is 11.8 Å². The number of nitrogens with two attached hydrogens (primary N) is 1. The van der Waals surface area contributed by atoms with E-state index < -0.39 is 45.6 Å². The fraction of sp³-hybridized carbons (Fsp3) is 0.100. The van der Waals surface area contributed by atoms with Gasteiger partial charge in [-0.2, -0.15) is 23.5 Å². The first-order valence-electron chi connectivity index (χ1n) is 4.92. The zero-order valence-electron chi connectivity index (χ0n) is 9.82. The van der Waals surface area contributed by atoms with Crippen molar-refractivity contribution in [2.24, 2.45) is 10.8 Å². The lowest BCUT2D eigenvalue weighted by molar-refractivity contribution is -0.140. The predicted octanol–water partition coefficient (Wildman–Crippen LogP) is 2.86. The van der Waals surface area contributed by atoms with Gasteiger partial charge in [-0.3, -0.25) is 10.8 Å². The fourth-order valence-corrected chi connectivity index (χ4v) is 1.40. The van der Waals surface area contributed by atoms with Crippen molar-refractivity contribution in [3.8, 4) is 6.07 Å². The smallest absolute Gasteiger partial charge is 0.382 e. The molecule has 4 N–H and O–H groups in total. The second kappa shape index (κ2) is 5.92. The zero-order valence-corrected chi connectivity index (χ0v) is 10.6. The summed E-state index contributed by atoms with van der Waals surface area (Å²) in [6, 6.07) is 1.52. The van der Waals surface area contributed by atoms with E-state index in [0.29, 0.717) is 0 Å². The number of rotatable bonds is 3. The third-order valence-electron chi connectivity index (χ3n) is 2.10. The molecule has 11 heteroatoms. The van der Waals surface area contributed by atoms with Crippen LogP contribution < -0.4 is 11.2 Å². The SMILES string of the molecule is N#C/C(=N\Nc1c(Cl)cc(C(F)(F)F)c(F)c1F)C(=N)N. The van der Waals surface area contributed by atoms with Crippen molar-refractivity contribution < 1.29 is 22.0 Å². The van der Waals surface area contributed by atoms with Crippen LogP contribution in [0.3, 0.4) is 0 Å². The van der Waals surface area contributed by atoms with Gasteiger partial charge in [-0.15, -0.1) is 0 Å². The maximum Gasteiger partial charge on any atom is 0.419 e. The molecule has 0 fully saturated rings. The number of amidine groups is 1. The summed E-state index contributed by atoms with van der Waals surface area (Å²) in [4.78, 5) is 0. The van der Waals surface area contributed by atoms with Crippen LogP contribution in [-0.2, 0) is 6.18 Å². The molecule has 0 bridgehead atoms. The summed E-state index contributed by atoms with van der Waals surface area (Å²) >= 11 is 5.41. The van der Waals surface area contributed by atoms with Crippen molar-refractivity contribution in [3.63, 3.8) is 0 Å². The Hall–Kier alpha value is -2.41. The highest BCUT2D eigenvalue weighted by atomic mass is 35.5. The lowest BCUT2D eigenvalue weighted by Crippen LogP contribution is -2.22. The number of alkyl halides is 3. The molecule has 0 spiro atoms. The Morgan fingerprint density at radius 2 is 1.95 bits per heavy atom. The van der Waals surface area contributed by atoms with Crippen molar-refractivity contribution >= 4 is 28.8 Å². The van der Waals surface area contributed by atoms with Crippen LogP contribution in [0.1, 0.15) is 5.56 Å². The number of nitrogens with one attached hydrogen (secondary N) is 2. The lowest BCUT2D eigenvalue weighted by Gasteiger charge is -2.12. The summed E-state index contributed by atoms with van der Waals surface area (Å²) < 4.78 is 64.1. The van der Waals surface area contributed by atoms with Crippen LogP contribution in [0.2, 0.25) is 5.02 Å². The number of anilines is 1. The Kier molecular flexibility index (Phi) is 4.69. The van der Waals surface area contributed by atoms with Crippen LogP contribution in [-0.4, -0.2) is 11.5 Å². The fourth-order valence-electron chi connectivity index (χ4n) is 1.16. The first kappa shape index (κ1) is 16.6. The largest absolute Gasteiger partial charge is 0.419 e. The summed E-state index contributed by atoms with van der Waals surface area (Å²) in [6.45, 7) is 0. The van der Waals surface area contributed by atoms with Crippen LogP contribution in [0.25, 0.3) is 0 Å². The van der Waals surface area contributed by atoms with Crippen LogP contribution >= 0.6 is 11.6 Å². The molecule has 0 atom stereocenters. The van der Waals surface area contributed by atoms with E-state index in [0.717, 1.165) is 0 Å². The van der Waals surface area contributed by atoms with E-state index in [4.69, 9.17) is 28.0 Å². The average molecular weight is 326 g/mol. The van der Waals surface area contributed by atoms with Crippen LogP contribution in [0.5, 0.6) is 0 Å². The summed E-state index contributed by atoms with van der Waals surface area (Å²) in [5.41, 5.74) is 3.21. The average Bonchev–Trinajstić information content (AvgIpc) is 2.36. The van der Waals surface area contributed by atoms with Crippen LogP contribution in [0, 0.1) is 28.4 Å². The van der Waals surface area contributed by atoms with E-state index in [2.05, 4.69) is 5.10 Å². The molecule has 0 radical (unpaired) electrons. The van der Waals surface area contributed by atoms with Gasteiger partial charge in [-0.05, 0) is 6.07 Å². The Morgan fingerprint density at radius 1 is 1.38 bits per heavy atom. The monoisotopic (exact) mass is 325 g/mol. The van der Waals surface area contributed by atoms with Gasteiger partial charge in [-0.1, -0.05) is 11.6 Å². The second-order valence-corrected chi connectivity index (χ2v) is 3.91. The van der Waals surface area contributed by atoms with E-state index in [1.165, 1.54) is 6.07 Å². The molecule has 0 unspecified atom stereocenters. The van der Waals surface area contributed by atoms with Gasteiger partial charge in [0.25, 0.3) is 0 Å². The van der Waals surface area contributed by atoms with Gasteiger partial charge in [0.2, 0.25) is 5.71 Å². The standard InChI is InChI=1S/C10H5ClF5N5/c11-4-1-3(10(14,15)16)6(12)7(13)8(4)21-20-5(2-17)9(18)19/h1,21H,(H3,18,19)/b20-5+. The van der Waals surface area contributed by atoms with Crippen molar-refractivity contribution in [3.05, 3.63) is 28.3 Å². The molecule has 112 valence electrons. The van der Waals surface area contributed by atoms with Crippen LogP contribution in [0.15, 0.2) is 11.2 Å². The summed E-state index contributed by atoms with van der Waals surface area (Å²) in [5, 5.41) is 17.8. The molecule has 0 saturated heterocycles. The zero-order chi connectivity index (χ0) is 16.4.